The molecule has 0 N–H and O–H groups in total. The van der Waals surface area contributed by atoms with E-state index in [9.17, 15) is 4.79 Å². The van der Waals surface area contributed by atoms with Crippen molar-refractivity contribution in [3.05, 3.63) is 0 Å². The van der Waals surface area contributed by atoms with Crippen LogP contribution >= 0.6 is 0 Å². The highest BCUT2D eigenvalue weighted by Crippen LogP contribution is 2.36. The van der Waals surface area contributed by atoms with Crippen LogP contribution in [0.1, 0.15) is 45.4 Å². The van der Waals surface area contributed by atoms with E-state index in [-0.39, 0.29) is 5.92 Å². The highest BCUT2D eigenvalue weighted by molar-refractivity contribution is 5.82. The van der Waals surface area contributed by atoms with Crippen LogP contribution in [0.4, 0.5) is 0 Å². The summed E-state index contributed by atoms with van der Waals surface area (Å²) in [4.78, 5) is 11.8. The van der Waals surface area contributed by atoms with E-state index < -0.39 is 0 Å². The molecule has 2 heteroatoms. The van der Waals surface area contributed by atoms with E-state index in [1.165, 1.54) is 32.1 Å². The van der Waals surface area contributed by atoms with Crippen molar-refractivity contribution in [3.8, 4) is 0 Å². The van der Waals surface area contributed by atoms with Gasteiger partial charge in [0.25, 0.3) is 0 Å². The maximum absolute atomic E-state index is 11.8. The number of hydrogen-bond donors (Lipinski definition) is 0. The second-order valence-corrected chi connectivity index (χ2v) is 5.10. The van der Waals surface area contributed by atoms with Gasteiger partial charge < -0.3 is 4.74 Å². The number of carbonyl (C=O) groups excluding carboxylic acids is 1. The van der Waals surface area contributed by atoms with Crippen LogP contribution in [0, 0.1) is 17.8 Å². The third kappa shape index (κ3) is 2.60. The number of ketones is 1. The Kier molecular flexibility index (Phi) is 3.79. The fourth-order valence-electron chi connectivity index (χ4n) is 3.13. The summed E-state index contributed by atoms with van der Waals surface area (Å²) in [7, 11) is 0. The molecule has 3 unspecified atom stereocenters. The minimum Gasteiger partial charge on any atom is -0.380 e. The summed E-state index contributed by atoms with van der Waals surface area (Å²) in [5, 5.41) is 0. The van der Waals surface area contributed by atoms with Gasteiger partial charge in [-0.25, -0.2) is 0 Å². The van der Waals surface area contributed by atoms with Crippen molar-refractivity contribution in [3.63, 3.8) is 0 Å². The first-order valence-electron chi connectivity index (χ1n) is 6.41. The number of ether oxygens (including phenoxy) is 1. The van der Waals surface area contributed by atoms with Gasteiger partial charge >= 0.3 is 0 Å². The Morgan fingerprint density at radius 1 is 1.40 bits per heavy atom. The molecule has 2 rings (SSSR count). The first-order chi connectivity index (χ1) is 7.31. The molecule has 0 bridgehead atoms. The van der Waals surface area contributed by atoms with Gasteiger partial charge in [-0.3, -0.25) is 4.79 Å². The van der Waals surface area contributed by atoms with Crippen LogP contribution in [0.3, 0.4) is 0 Å². The Bertz CT molecular complexity index is 225. The van der Waals surface area contributed by atoms with Crippen molar-refractivity contribution < 1.29 is 9.53 Å². The SMILES string of the molecule is CCC1CCCC(C2COCCC2=O)C1. The van der Waals surface area contributed by atoms with Gasteiger partial charge in [-0.15, -0.1) is 0 Å². The van der Waals surface area contributed by atoms with Gasteiger partial charge in [0.15, 0.2) is 0 Å². The first kappa shape index (κ1) is 11.1. The van der Waals surface area contributed by atoms with Gasteiger partial charge in [0.05, 0.1) is 13.2 Å². The molecule has 0 amide bonds. The average Bonchev–Trinajstić information content (AvgIpc) is 2.30. The van der Waals surface area contributed by atoms with Gasteiger partial charge in [0.2, 0.25) is 0 Å². The molecule has 1 saturated carbocycles. The first-order valence-corrected chi connectivity index (χ1v) is 6.41. The third-order valence-corrected chi connectivity index (χ3v) is 4.17. The molecule has 2 aliphatic rings. The highest BCUT2D eigenvalue weighted by Gasteiger charge is 2.33. The fourth-order valence-corrected chi connectivity index (χ4v) is 3.13. The van der Waals surface area contributed by atoms with Crippen LogP contribution in [-0.2, 0) is 9.53 Å². The number of hydrogen-bond acceptors (Lipinski definition) is 2. The Labute approximate surface area is 92.4 Å². The van der Waals surface area contributed by atoms with E-state index in [1.54, 1.807) is 0 Å². The second kappa shape index (κ2) is 5.11. The molecular weight excluding hydrogens is 188 g/mol. The van der Waals surface area contributed by atoms with Crippen molar-refractivity contribution in [2.75, 3.05) is 13.2 Å². The number of rotatable bonds is 2. The van der Waals surface area contributed by atoms with Crippen LogP contribution in [0.25, 0.3) is 0 Å². The minimum atomic E-state index is 0.230. The van der Waals surface area contributed by atoms with Crippen molar-refractivity contribution in [2.45, 2.75) is 45.4 Å². The summed E-state index contributed by atoms with van der Waals surface area (Å²) in [6.45, 7) is 3.62. The Morgan fingerprint density at radius 3 is 3.00 bits per heavy atom. The summed E-state index contributed by atoms with van der Waals surface area (Å²) in [5.41, 5.74) is 0. The molecule has 0 spiro atoms. The number of carbonyl (C=O) groups is 1. The van der Waals surface area contributed by atoms with Crippen LogP contribution in [0.5, 0.6) is 0 Å². The lowest BCUT2D eigenvalue weighted by Gasteiger charge is -2.35. The lowest BCUT2D eigenvalue weighted by atomic mass is 9.72. The second-order valence-electron chi connectivity index (χ2n) is 5.10. The van der Waals surface area contributed by atoms with E-state index in [0.717, 1.165) is 5.92 Å². The Morgan fingerprint density at radius 2 is 2.27 bits per heavy atom. The van der Waals surface area contributed by atoms with Crippen molar-refractivity contribution in [1.29, 1.82) is 0 Å². The molecular formula is C13H22O2. The maximum Gasteiger partial charge on any atom is 0.140 e. The summed E-state index contributed by atoms with van der Waals surface area (Å²) < 4.78 is 5.45. The zero-order valence-corrected chi connectivity index (χ0v) is 9.71. The fraction of sp³-hybridized carbons (Fsp3) is 0.923. The molecule has 2 fully saturated rings. The van der Waals surface area contributed by atoms with Gasteiger partial charge in [-0.1, -0.05) is 26.2 Å². The van der Waals surface area contributed by atoms with Gasteiger partial charge in [-0.2, -0.15) is 0 Å². The Balaban J connectivity index is 1.93. The van der Waals surface area contributed by atoms with Crippen molar-refractivity contribution in [1.82, 2.24) is 0 Å². The van der Waals surface area contributed by atoms with E-state index in [1.807, 2.05) is 0 Å². The number of Topliss-reactive ketones (excluding diaryl/α,β-unsaturated/α-hetero) is 1. The lowest BCUT2D eigenvalue weighted by molar-refractivity contribution is -0.134. The molecule has 3 atom stereocenters. The summed E-state index contributed by atoms with van der Waals surface area (Å²) in [6, 6.07) is 0. The molecule has 86 valence electrons. The van der Waals surface area contributed by atoms with E-state index in [4.69, 9.17) is 4.74 Å². The predicted molar refractivity (Wildman–Crippen MR) is 59.7 cm³/mol. The maximum atomic E-state index is 11.8. The topological polar surface area (TPSA) is 26.3 Å². The molecule has 15 heavy (non-hydrogen) atoms. The largest absolute Gasteiger partial charge is 0.380 e. The molecule has 1 saturated heterocycles. The van der Waals surface area contributed by atoms with Gasteiger partial charge in [0.1, 0.15) is 5.78 Å². The van der Waals surface area contributed by atoms with Crippen LogP contribution in [-0.4, -0.2) is 19.0 Å². The van der Waals surface area contributed by atoms with E-state index in [2.05, 4.69) is 6.92 Å². The monoisotopic (exact) mass is 210 g/mol. The summed E-state index contributed by atoms with van der Waals surface area (Å²) in [6.07, 6.45) is 7.12. The molecule has 1 aliphatic heterocycles. The van der Waals surface area contributed by atoms with Crippen LogP contribution < -0.4 is 0 Å². The normalized spacial score (nSPS) is 37.9. The van der Waals surface area contributed by atoms with Crippen LogP contribution in [0.15, 0.2) is 0 Å². The average molecular weight is 210 g/mol. The van der Waals surface area contributed by atoms with E-state index >= 15 is 0 Å². The van der Waals surface area contributed by atoms with Gasteiger partial charge in [0, 0.05) is 12.3 Å². The minimum absolute atomic E-state index is 0.230. The zero-order valence-electron chi connectivity index (χ0n) is 9.71. The molecule has 1 aliphatic carbocycles. The predicted octanol–water partition coefficient (Wildman–Crippen LogP) is 2.81. The highest BCUT2D eigenvalue weighted by atomic mass is 16.5. The lowest BCUT2D eigenvalue weighted by Crippen LogP contribution is -2.35. The smallest absolute Gasteiger partial charge is 0.140 e. The molecule has 0 aromatic heterocycles. The van der Waals surface area contributed by atoms with Crippen molar-refractivity contribution in [2.24, 2.45) is 17.8 Å². The standard InChI is InChI=1S/C13H22O2/c1-2-10-4-3-5-11(8-10)12-9-15-7-6-13(12)14/h10-12H,2-9H2,1H3. The van der Waals surface area contributed by atoms with Gasteiger partial charge in [-0.05, 0) is 24.7 Å². The van der Waals surface area contributed by atoms with Crippen LogP contribution in [0.2, 0.25) is 0 Å². The van der Waals surface area contributed by atoms with E-state index in [0.29, 0.717) is 31.3 Å². The Hall–Kier alpha value is -0.370. The quantitative estimate of drug-likeness (QED) is 0.700. The molecule has 2 nitrogen and oxygen atoms in total. The summed E-state index contributed by atoms with van der Waals surface area (Å²) in [5.74, 6) is 2.17. The molecule has 0 aromatic rings. The summed E-state index contributed by atoms with van der Waals surface area (Å²) >= 11 is 0. The molecule has 1 heterocycles. The van der Waals surface area contributed by atoms with Crippen molar-refractivity contribution >= 4 is 5.78 Å². The molecule has 0 aromatic carbocycles. The molecule has 0 radical (unpaired) electrons. The third-order valence-electron chi connectivity index (χ3n) is 4.17. The zero-order chi connectivity index (χ0) is 10.7.